The number of piperidine rings is 1. The Morgan fingerprint density at radius 2 is 1.88 bits per heavy atom. The maximum Gasteiger partial charge on any atom is 0.247 e. The fraction of sp³-hybridized carbons (Fsp3) is 0.360. The van der Waals surface area contributed by atoms with Gasteiger partial charge in [0.05, 0.1) is 5.92 Å². The van der Waals surface area contributed by atoms with Crippen LogP contribution < -0.4 is 11.1 Å². The molecule has 8 heteroatoms. The minimum Gasteiger partial charge on any atom is -0.421 e. The molecule has 4 rings (SSSR count). The van der Waals surface area contributed by atoms with Crippen molar-refractivity contribution in [1.29, 1.82) is 0 Å². The number of nitrogens with two attached hydrogens (primary N) is 1. The number of hydrogen-bond acceptors (Lipinski definition) is 6. The summed E-state index contributed by atoms with van der Waals surface area (Å²) in [6.45, 7) is 2.45. The second-order valence-corrected chi connectivity index (χ2v) is 8.44. The number of primary amides is 1. The molecule has 1 saturated heterocycles. The summed E-state index contributed by atoms with van der Waals surface area (Å²) in [5.74, 6) is 0.695. The molecule has 2 amide bonds. The van der Waals surface area contributed by atoms with Crippen molar-refractivity contribution in [3.8, 4) is 11.5 Å². The lowest BCUT2D eigenvalue weighted by Gasteiger charge is -2.31. The van der Waals surface area contributed by atoms with E-state index in [4.69, 9.17) is 10.2 Å². The molecule has 3 N–H and O–H groups in total. The Morgan fingerprint density at radius 3 is 2.64 bits per heavy atom. The van der Waals surface area contributed by atoms with Gasteiger partial charge in [-0.05, 0) is 55.6 Å². The van der Waals surface area contributed by atoms with Gasteiger partial charge in [-0.3, -0.25) is 14.5 Å². The van der Waals surface area contributed by atoms with Crippen LogP contribution in [0.5, 0.6) is 0 Å². The summed E-state index contributed by atoms with van der Waals surface area (Å²) in [5.41, 5.74) is 8.25. The van der Waals surface area contributed by atoms with E-state index in [2.05, 4.69) is 20.4 Å². The van der Waals surface area contributed by atoms with Crippen LogP contribution in [0.25, 0.3) is 11.5 Å². The number of aryl methyl sites for hydroxylation is 1. The number of likely N-dealkylation sites (tertiary alicyclic amines) is 1. The van der Waals surface area contributed by atoms with Crippen molar-refractivity contribution in [1.82, 2.24) is 15.1 Å². The van der Waals surface area contributed by atoms with Gasteiger partial charge in [-0.2, -0.15) is 0 Å². The van der Waals surface area contributed by atoms with Crippen LogP contribution in [0, 0.1) is 5.92 Å². The Hall–Kier alpha value is -3.52. The summed E-state index contributed by atoms with van der Waals surface area (Å²) in [7, 11) is 0. The van der Waals surface area contributed by atoms with Crippen LogP contribution >= 0.6 is 0 Å². The van der Waals surface area contributed by atoms with Crippen molar-refractivity contribution < 1.29 is 14.0 Å². The van der Waals surface area contributed by atoms with Crippen molar-refractivity contribution >= 4 is 17.5 Å². The van der Waals surface area contributed by atoms with Gasteiger partial charge in [0.25, 0.3) is 0 Å². The molecule has 0 spiro atoms. The molecule has 1 aromatic heterocycles. The van der Waals surface area contributed by atoms with Crippen LogP contribution in [0.1, 0.15) is 37.1 Å². The van der Waals surface area contributed by atoms with Gasteiger partial charge >= 0.3 is 0 Å². The van der Waals surface area contributed by atoms with E-state index in [1.54, 1.807) is 0 Å². The van der Waals surface area contributed by atoms with Crippen molar-refractivity contribution in [2.75, 3.05) is 18.4 Å². The molecule has 33 heavy (non-hydrogen) atoms. The Labute approximate surface area is 193 Å². The van der Waals surface area contributed by atoms with Crippen molar-refractivity contribution in [2.45, 2.75) is 38.6 Å². The smallest absolute Gasteiger partial charge is 0.247 e. The van der Waals surface area contributed by atoms with Gasteiger partial charge in [0.2, 0.25) is 23.6 Å². The number of aromatic nitrogens is 2. The molecule has 8 nitrogen and oxygen atoms in total. The lowest BCUT2D eigenvalue weighted by molar-refractivity contribution is -0.123. The lowest BCUT2D eigenvalue weighted by atomic mass is 9.97. The standard InChI is InChI=1S/C25H29N5O3/c26-24(32)20-8-5-15-30(17-20)16-18-11-13-21(14-12-18)27-22(31)9-4-10-23-28-29-25(33-23)19-6-2-1-3-7-19/h1-3,6-7,11-14,20H,4-5,8-10,15-17H2,(H2,26,32)(H,27,31). The Bertz CT molecular complexity index is 1070. The molecule has 0 saturated carbocycles. The summed E-state index contributed by atoms with van der Waals surface area (Å²) < 4.78 is 5.68. The molecule has 0 radical (unpaired) electrons. The number of benzene rings is 2. The number of rotatable bonds is 9. The van der Waals surface area contributed by atoms with Crippen LogP contribution in [-0.4, -0.2) is 40.0 Å². The zero-order chi connectivity index (χ0) is 23.0. The van der Waals surface area contributed by atoms with E-state index in [0.29, 0.717) is 37.6 Å². The number of hydrogen-bond donors (Lipinski definition) is 2. The van der Waals surface area contributed by atoms with E-state index >= 15 is 0 Å². The summed E-state index contributed by atoms with van der Waals surface area (Å²) in [4.78, 5) is 26.0. The first kappa shape index (κ1) is 22.7. The molecular weight excluding hydrogens is 418 g/mol. The Morgan fingerprint density at radius 1 is 1.09 bits per heavy atom. The molecule has 2 heterocycles. The molecule has 172 valence electrons. The van der Waals surface area contributed by atoms with Gasteiger partial charge in [0, 0.05) is 37.2 Å². The highest BCUT2D eigenvalue weighted by Crippen LogP contribution is 2.20. The number of nitrogens with zero attached hydrogens (tertiary/aromatic N) is 3. The second kappa shape index (κ2) is 10.9. The molecule has 2 aromatic carbocycles. The molecule has 1 aliphatic rings. The SMILES string of the molecule is NC(=O)C1CCCN(Cc2ccc(NC(=O)CCCc3nnc(-c4ccccc4)o3)cc2)C1. The van der Waals surface area contributed by atoms with Crippen LogP contribution in [0.2, 0.25) is 0 Å². The molecular formula is C25H29N5O3. The quantitative estimate of drug-likeness (QED) is 0.520. The van der Waals surface area contributed by atoms with E-state index in [1.807, 2.05) is 54.6 Å². The summed E-state index contributed by atoms with van der Waals surface area (Å²) in [6, 6.07) is 17.4. The summed E-state index contributed by atoms with van der Waals surface area (Å²) in [5, 5.41) is 11.1. The third-order valence-corrected chi connectivity index (χ3v) is 5.83. The molecule has 3 aromatic rings. The fourth-order valence-electron chi connectivity index (χ4n) is 4.06. The van der Waals surface area contributed by atoms with Crippen LogP contribution in [0.4, 0.5) is 5.69 Å². The van der Waals surface area contributed by atoms with Gasteiger partial charge in [-0.1, -0.05) is 30.3 Å². The average molecular weight is 448 g/mol. The average Bonchev–Trinajstić information content (AvgIpc) is 3.30. The molecule has 0 bridgehead atoms. The van der Waals surface area contributed by atoms with E-state index < -0.39 is 0 Å². The molecule has 0 aliphatic carbocycles. The highest BCUT2D eigenvalue weighted by Gasteiger charge is 2.23. The van der Waals surface area contributed by atoms with E-state index in [9.17, 15) is 9.59 Å². The normalized spacial score (nSPS) is 16.4. The highest BCUT2D eigenvalue weighted by molar-refractivity contribution is 5.90. The highest BCUT2D eigenvalue weighted by atomic mass is 16.4. The number of carbonyl (C=O) groups is 2. The van der Waals surface area contributed by atoms with Crippen molar-refractivity contribution in [3.05, 3.63) is 66.1 Å². The monoisotopic (exact) mass is 447 g/mol. The number of amides is 2. The number of nitrogens with one attached hydrogen (secondary N) is 1. The maximum absolute atomic E-state index is 12.3. The van der Waals surface area contributed by atoms with E-state index in [0.717, 1.165) is 42.7 Å². The van der Waals surface area contributed by atoms with Gasteiger partial charge in [-0.25, -0.2) is 0 Å². The Kier molecular flexibility index (Phi) is 7.47. The Balaban J connectivity index is 1.20. The second-order valence-electron chi connectivity index (χ2n) is 8.44. The largest absolute Gasteiger partial charge is 0.421 e. The summed E-state index contributed by atoms with van der Waals surface area (Å²) in [6.07, 6.45) is 3.40. The topological polar surface area (TPSA) is 114 Å². The first-order valence-electron chi connectivity index (χ1n) is 11.3. The fourth-order valence-corrected chi connectivity index (χ4v) is 4.06. The number of anilines is 1. The van der Waals surface area contributed by atoms with Crippen LogP contribution in [-0.2, 0) is 22.6 Å². The molecule has 1 aliphatic heterocycles. The van der Waals surface area contributed by atoms with Gasteiger partial charge in [0.15, 0.2) is 0 Å². The van der Waals surface area contributed by atoms with Crippen molar-refractivity contribution in [3.63, 3.8) is 0 Å². The first-order valence-corrected chi connectivity index (χ1v) is 11.3. The van der Waals surface area contributed by atoms with E-state index in [1.165, 1.54) is 0 Å². The number of carbonyl (C=O) groups excluding carboxylic acids is 2. The molecule has 1 atom stereocenters. The maximum atomic E-state index is 12.3. The predicted molar refractivity (Wildman–Crippen MR) is 125 cm³/mol. The minimum absolute atomic E-state index is 0.0501. The first-order chi connectivity index (χ1) is 16.1. The third kappa shape index (κ3) is 6.49. The van der Waals surface area contributed by atoms with Crippen molar-refractivity contribution in [2.24, 2.45) is 11.7 Å². The van der Waals surface area contributed by atoms with Gasteiger partial charge in [0.1, 0.15) is 0 Å². The van der Waals surface area contributed by atoms with Crippen LogP contribution in [0.15, 0.2) is 59.0 Å². The van der Waals surface area contributed by atoms with Crippen LogP contribution in [0.3, 0.4) is 0 Å². The third-order valence-electron chi connectivity index (χ3n) is 5.83. The van der Waals surface area contributed by atoms with Gasteiger partial charge in [-0.15, -0.1) is 10.2 Å². The zero-order valence-electron chi connectivity index (χ0n) is 18.6. The zero-order valence-corrected chi connectivity index (χ0v) is 18.6. The summed E-state index contributed by atoms with van der Waals surface area (Å²) >= 11 is 0. The van der Waals surface area contributed by atoms with Gasteiger partial charge < -0.3 is 15.5 Å². The molecule has 1 unspecified atom stereocenters. The minimum atomic E-state index is -0.214. The predicted octanol–water partition coefficient (Wildman–Crippen LogP) is 3.40. The van der Waals surface area contributed by atoms with E-state index in [-0.39, 0.29) is 17.7 Å². The molecule has 1 fully saturated rings. The lowest BCUT2D eigenvalue weighted by Crippen LogP contribution is -2.40.